The van der Waals surface area contributed by atoms with Gasteiger partial charge in [-0.1, -0.05) is 17.7 Å². The summed E-state index contributed by atoms with van der Waals surface area (Å²) in [6, 6.07) is 5.55. The van der Waals surface area contributed by atoms with Crippen LogP contribution in [-0.4, -0.2) is 33.7 Å². The Kier molecular flexibility index (Phi) is 4.61. The second kappa shape index (κ2) is 6.23. The van der Waals surface area contributed by atoms with E-state index in [1.54, 1.807) is 12.1 Å². The van der Waals surface area contributed by atoms with Crippen LogP contribution in [0.1, 0.15) is 18.4 Å². The zero-order chi connectivity index (χ0) is 14.6. The van der Waals surface area contributed by atoms with Crippen LogP contribution >= 0.6 is 0 Å². The van der Waals surface area contributed by atoms with Gasteiger partial charge in [0.05, 0.1) is 11.0 Å². The van der Waals surface area contributed by atoms with Crippen LogP contribution in [0.25, 0.3) is 0 Å². The second-order valence-corrected chi connectivity index (χ2v) is 6.45. The Morgan fingerprint density at radius 1 is 1.35 bits per heavy atom. The Bertz CT molecular complexity index is 563. The van der Waals surface area contributed by atoms with Crippen molar-refractivity contribution in [2.45, 2.75) is 30.8 Å². The van der Waals surface area contributed by atoms with E-state index in [4.69, 9.17) is 4.74 Å². The molecule has 1 aliphatic heterocycles. The van der Waals surface area contributed by atoms with Gasteiger partial charge in [0.25, 0.3) is 10.0 Å². The molecule has 7 heteroatoms. The molecule has 2 rings (SSSR count). The Hall–Kier alpha value is -1.60. The fraction of sp³-hybridized carbons (Fsp3) is 0.462. The first-order chi connectivity index (χ1) is 9.47. The fourth-order valence-electron chi connectivity index (χ4n) is 1.95. The Balaban J connectivity index is 1.90. The van der Waals surface area contributed by atoms with E-state index in [9.17, 15) is 13.2 Å². The van der Waals surface area contributed by atoms with Crippen molar-refractivity contribution in [3.63, 3.8) is 0 Å². The summed E-state index contributed by atoms with van der Waals surface area (Å²) in [7, 11) is -3.82. The summed E-state index contributed by atoms with van der Waals surface area (Å²) in [6.45, 7) is 2.86. The summed E-state index contributed by atoms with van der Waals surface area (Å²) in [5.41, 5.74) is 0.951. The molecule has 0 saturated carbocycles. The molecule has 2 amide bonds. The van der Waals surface area contributed by atoms with Crippen LogP contribution in [0.15, 0.2) is 29.2 Å². The number of hydrogen-bond acceptors (Lipinski definition) is 4. The van der Waals surface area contributed by atoms with Gasteiger partial charge >= 0.3 is 6.03 Å². The third-order valence-electron chi connectivity index (χ3n) is 3.07. The van der Waals surface area contributed by atoms with E-state index in [1.165, 1.54) is 12.1 Å². The number of urea groups is 1. The lowest BCUT2D eigenvalue weighted by Gasteiger charge is -2.12. The summed E-state index contributed by atoms with van der Waals surface area (Å²) in [4.78, 5) is 11.7. The van der Waals surface area contributed by atoms with Gasteiger partial charge in [-0.15, -0.1) is 0 Å². The molecule has 1 aromatic rings. The molecule has 6 nitrogen and oxygen atoms in total. The Morgan fingerprint density at radius 3 is 2.65 bits per heavy atom. The molecule has 1 aromatic carbocycles. The predicted molar refractivity (Wildman–Crippen MR) is 73.9 cm³/mol. The van der Waals surface area contributed by atoms with Crippen LogP contribution in [0.3, 0.4) is 0 Å². The molecule has 0 radical (unpaired) electrons. The molecule has 2 N–H and O–H groups in total. The molecule has 0 aromatic heterocycles. The van der Waals surface area contributed by atoms with Gasteiger partial charge in [0.2, 0.25) is 0 Å². The lowest BCUT2D eigenvalue weighted by molar-refractivity contribution is 0.111. The summed E-state index contributed by atoms with van der Waals surface area (Å²) >= 11 is 0. The van der Waals surface area contributed by atoms with Crippen molar-refractivity contribution < 1.29 is 17.9 Å². The van der Waals surface area contributed by atoms with Crippen LogP contribution in [0.5, 0.6) is 0 Å². The van der Waals surface area contributed by atoms with E-state index in [-0.39, 0.29) is 11.0 Å². The highest BCUT2D eigenvalue weighted by molar-refractivity contribution is 7.90. The van der Waals surface area contributed by atoms with Gasteiger partial charge in [-0.25, -0.2) is 17.9 Å². The van der Waals surface area contributed by atoms with Gasteiger partial charge in [0.1, 0.15) is 0 Å². The molecular formula is C13H18N2O4S. The third kappa shape index (κ3) is 3.94. The number of nitrogens with one attached hydrogen (secondary N) is 2. The molecule has 110 valence electrons. The molecule has 1 aliphatic rings. The molecule has 1 fully saturated rings. The van der Waals surface area contributed by atoms with Crippen molar-refractivity contribution >= 4 is 16.1 Å². The first-order valence-electron chi connectivity index (χ1n) is 6.46. The third-order valence-corrected chi connectivity index (χ3v) is 4.42. The minimum Gasteiger partial charge on any atom is -0.376 e. The summed E-state index contributed by atoms with van der Waals surface area (Å²) < 4.78 is 31.2. The van der Waals surface area contributed by atoms with E-state index in [0.29, 0.717) is 13.2 Å². The lowest BCUT2D eigenvalue weighted by Crippen LogP contribution is -2.42. The van der Waals surface area contributed by atoms with Crippen LogP contribution in [0.2, 0.25) is 0 Å². The van der Waals surface area contributed by atoms with Gasteiger partial charge in [0.15, 0.2) is 0 Å². The number of carbonyl (C=O) groups is 1. The highest BCUT2D eigenvalue weighted by Crippen LogP contribution is 2.11. The summed E-state index contributed by atoms with van der Waals surface area (Å²) in [6.07, 6.45) is 1.82. The van der Waals surface area contributed by atoms with Crippen LogP contribution < -0.4 is 10.0 Å². The molecule has 0 bridgehead atoms. The van der Waals surface area contributed by atoms with Gasteiger partial charge in [-0.2, -0.15) is 0 Å². The molecule has 1 atom stereocenters. The zero-order valence-corrected chi connectivity index (χ0v) is 12.1. The van der Waals surface area contributed by atoms with Crippen molar-refractivity contribution in [3.8, 4) is 0 Å². The molecular weight excluding hydrogens is 280 g/mol. The Morgan fingerprint density at radius 2 is 2.05 bits per heavy atom. The Labute approximate surface area is 118 Å². The largest absolute Gasteiger partial charge is 0.376 e. The molecule has 1 saturated heterocycles. The van der Waals surface area contributed by atoms with Crippen molar-refractivity contribution in [1.29, 1.82) is 0 Å². The number of benzene rings is 1. The topological polar surface area (TPSA) is 84.5 Å². The first-order valence-corrected chi connectivity index (χ1v) is 7.94. The summed E-state index contributed by atoms with van der Waals surface area (Å²) in [5.74, 6) is 0. The average Bonchev–Trinajstić information content (AvgIpc) is 2.89. The van der Waals surface area contributed by atoms with E-state index in [0.717, 1.165) is 18.4 Å². The second-order valence-electron chi connectivity index (χ2n) is 4.76. The highest BCUT2D eigenvalue weighted by Gasteiger charge is 2.20. The standard InChI is InChI=1S/C13H18N2O4S/c1-10-4-6-12(7-5-10)20(17,18)15-13(16)14-9-11-3-2-8-19-11/h4-7,11H,2-3,8-9H2,1H3,(H2,14,15,16)/t11-/m0/s1. The lowest BCUT2D eigenvalue weighted by atomic mass is 10.2. The SMILES string of the molecule is Cc1ccc(S(=O)(=O)NC(=O)NC[C@@H]2CCCO2)cc1. The minimum absolute atomic E-state index is 0.0252. The minimum atomic E-state index is -3.82. The van der Waals surface area contributed by atoms with E-state index < -0.39 is 16.1 Å². The number of sulfonamides is 1. The fourth-order valence-corrected chi connectivity index (χ4v) is 2.87. The summed E-state index contributed by atoms with van der Waals surface area (Å²) in [5, 5.41) is 2.51. The van der Waals surface area contributed by atoms with Crippen LogP contribution in [0.4, 0.5) is 4.79 Å². The van der Waals surface area contributed by atoms with Gasteiger partial charge < -0.3 is 10.1 Å². The number of hydrogen-bond donors (Lipinski definition) is 2. The van der Waals surface area contributed by atoms with E-state index in [1.807, 2.05) is 11.6 Å². The molecule has 0 unspecified atom stereocenters. The molecule has 0 aliphatic carbocycles. The number of rotatable bonds is 4. The maximum atomic E-state index is 11.9. The molecule has 20 heavy (non-hydrogen) atoms. The first kappa shape index (κ1) is 14.8. The smallest absolute Gasteiger partial charge is 0.328 e. The van der Waals surface area contributed by atoms with Crippen molar-refractivity contribution in [2.24, 2.45) is 0 Å². The van der Waals surface area contributed by atoms with Crippen molar-refractivity contribution in [2.75, 3.05) is 13.2 Å². The maximum Gasteiger partial charge on any atom is 0.328 e. The molecule has 0 spiro atoms. The number of aryl methyl sites for hydroxylation is 1. The van der Waals surface area contributed by atoms with Crippen molar-refractivity contribution in [3.05, 3.63) is 29.8 Å². The monoisotopic (exact) mass is 298 g/mol. The van der Waals surface area contributed by atoms with E-state index in [2.05, 4.69) is 5.32 Å². The number of ether oxygens (including phenoxy) is 1. The van der Waals surface area contributed by atoms with Gasteiger partial charge in [-0.3, -0.25) is 0 Å². The van der Waals surface area contributed by atoms with Gasteiger partial charge in [0, 0.05) is 13.2 Å². The van der Waals surface area contributed by atoms with Crippen molar-refractivity contribution in [1.82, 2.24) is 10.0 Å². The van der Waals surface area contributed by atoms with E-state index >= 15 is 0 Å². The number of carbonyl (C=O) groups excluding carboxylic acids is 1. The quantitative estimate of drug-likeness (QED) is 0.873. The predicted octanol–water partition coefficient (Wildman–Crippen LogP) is 1.16. The number of amides is 2. The molecule has 1 heterocycles. The normalized spacial score (nSPS) is 18.8. The highest BCUT2D eigenvalue weighted by atomic mass is 32.2. The van der Waals surface area contributed by atoms with Crippen LogP contribution in [-0.2, 0) is 14.8 Å². The zero-order valence-electron chi connectivity index (χ0n) is 11.3. The van der Waals surface area contributed by atoms with Gasteiger partial charge in [-0.05, 0) is 31.9 Å². The maximum absolute atomic E-state index is 11.9. The van der Waals surface area contributed by atoms with Crippen LogP contribution in [0, 0.1) is 6.92 Å². The average molecular weight is 298 g/mol.